The lowest BCUT2D eigenvalue weighted by Crippen LogP contribution is -2.26. The minimum Gasteiger partial charge on any atom is -0.493 e. The molecule has 0 saturated carbocycles. The second-order valence-electron chi connectivity index (χ2n) is 6.51. The van der Waals surface area contributed by atoms with Crippen LogP contribution in [0.3, 0.4) is 0 Å². The molecule has 4 nitrogen and oxygen atoms in total. The van der Waals surface area contributed by atoms with Gasteiger partial charge >= 0.3 is 11.9 Å². The molecular weight excluding hydrogens is 420 g/mol. The van der Waals surface area contributed by atoms with Crippen LogP contribution in [-0.2, 0) is 12.7 Å². The number of hydrogen-bond donors (Lipinski definition) is 2. The highest BCUT2D eigenvalue weighted by molar-refractivity contribution is 8.36. The minimum atomic E-state index is -4.65. The number of halogens is 5. The molecule has 0 aliphatic carbocycles. The van der Waals surface area contributed by atoms with E-state index in [0.29, 0.717) is 11.3 Å². The Hall–Kier alpha value is -2.26. The van der Waals surface area contributed by atoms with E-state index in [4.69, 9.17) is 10.7 Å². The van der Waals surface area contributed by atoms with E-state index in [9.17, 15) is 27.5 Å². The zero-order chi connectivity index (χ0) is 20.2. The fourth-order valence-corrected chi connectivity index (χ4v) is 5.96. The van der Waals surface area contributed by atoms with Crippen molar-refractivity contribution in [1.29, 1.82) is 0 Å². The van der Waals surface area contributed by atoms with Gasteiger partial charge in [0.1, 0.15) is 5.82 Å². The third-order valence-electron chi connectivity index (χ3n) is 4.75. The summed E-state index contributed by atoms with van der Waals surface area (Å²) < 4.78 is 54.5. The van der Waals surface area contributed by atoms with Crippen LogP contribution in [-0.4, -0.2) is 20.4 Å². The Morgan fingerprint density at radius 3 is 2.54 bits per heavy atom. The molecule has 3 aromatic rings. The molecule has 4 rings (SSSR count). The Balaban J connectivity index is 1.97. The smallest absolute Gasteiger partial charge is 0.416 e. The van der Waals surface area contributed by atoms with Gasteiger partial charge in [0.25, 0.3) is 0 Å². The van der Waals surface area contributed by atoms with Gasteiger partial charge in [-0.25, -0.2) is 9.18 Å². The van der Waals surface area contributed by atoms with Crippen molar-refractivity contribution in [1.82, 2.24) is 9.55 Å². The monoisotopic (exact) mass is 432 g/mol. The zero-order valence-corrected chi connectivity index (χ0v) is 15.7. The second kappa shape index (κ2) is 6.66. The molecule has 1 aliphatic rings. The normalized spacial score (nSPS) is 20.9. The number of aromatic hydroxyl groups is 1. The predicted octanol–water partition coefficient (Wildman–Crippen LogP) is 4.57. The summed E-state index contributed by atoms with van der Waals surface area (Å²) in [5.74, 6) is -1.21. The quantitative estimate of drug-likeness (QED) is 0.437. The maximum atomic E-state index is 13.3. The van der Waals surface area contributed by atoms with Crippen LogP contribution in [0.2, 0.25) is 0 Å². The van der Waals surface area contributed by atoms with E-state index in [1.54, 1.807) is 12.1 Å². The predicted molar refractivity (Wildman–Crippen MR) is 99.8 cm³/mol. The Morgan fingerprint density at radius 1 is 1.21 bits per heavy atom. The molecule has 1 aliphatic heterocycles. The first-order valence-corrected chi connectivity index (χ1v) is 10.6. The molecule has 2 atom stereocenters. The number of thiol groups is 1. The molecule has 0 amide bonds. The summed E-state index contributed by atoms with van der Waals surface area (Å²) in [4.78, 5) is 16.1. The molecule has 0 saturated heterocycles. The first kappa shape index (κ1) is 19.1. The molecule has 28 heavy (non-hydrogen) atoms. The highest BCUT2D eigenvalue weighted by Gasteiger charge is 2.34. The number of hydrogen-bond acceptors (Lipinski definition) is 3. The lowest BCUT2D eigenvalue weighted by molar-refractivity contribution is -0.137. The van der Waals surface area contributed by atoms with Crippen molar-refractivity contribution in [2.24, 2.45) is 0 Å². The Labute approximate surface area is 163 Å². The fraction of sp³-hybridized carbons (Fsp3) is 0.222. The van der Waals surface area contributed by atoms with Crippen molar-refractivity contribution in [3.05, 3.63) is 63.8 Å². The molecular formula is C18H13ClF4N2O2S. The molecule has 0 radical (unpaired) electrons. The highest BCUT2D eigenvalue weighted by Crippen LogP contribution is 2.51. The van der Waals surface area contributed by atoms with Crippen molar-refractivity contribution < 1.29 is 22.7 Å². The SMILES string of the molecule is O=c1nc(O)c2cc(C(F)(F)F)cc3c2n1CC(c1ccc(F)cc1)C[SH]3Cl. The minimum absolute atomic E-state index is 0.109. The van der Waals surface area contributed by atoms with Crippen LogP contribution < -0.4 is 5.69 Å². The number of benzene rings is 2. The van der Waals surface area contributed by atoms with Gasteiger partial charge in [-0.3, -0.25) is 4.57 Å². The standard InChI is InChI=1S/C18H13ClF4N2O2S/c19-28-8-10(9-1-3-12(20)4-2-9)7-25-15-13(16(26)24-17(25)27)5-11(6-14(15)28)18(21,22)23/h1-6,10,28H,7-8H2,(H,24,26,27). The van der Waals surface area contributed by atoms with Gasteiger partial charge in [0, 0.05) is 23.1 Å². The third-order valence-corrected chi connectivity index (χ3v) is 7.33. The number of nitrogens with zero attached hydrogens (tertiary/aromatic N) is 2. The first-order valence-electron chi connectivity index (χ1n) is 8.18. The lowest BCUT2D eigenvalue weighted by atomic mass is 10.0. The van der Waals surface area contributed by atoms with E-state index in [1.807, 2.05) is 0 Å². The molecule has 2 aromatic carbocycles. The van der Waals surface area contributed by atoms with Crippen LogP contribution in [0.15, 0.2) is 46.1 Å². The Morgan fingerprint density at radius 2 is 1.89 bits per heavy atom. The van der Waals surface area contributed by atoms with E-state index in [0.717, 1.165) is 12.1 Å². The third kappa shape index (κ3) is 3.22. The van der Waals surface area contributed by atoms with Crippen LogP contribution in [0, 0.1) is 5.82 Å². The summed E-state index contributed by atoms with van der Waals surface area (Å²) in [6.07, 6.45) is -4.65. The summed E-state index contributed by atoms with van der Waals surface area (Å²) in [7, 11) is 4.92. The van der Waals surface area contributed by atoms with Crippen molar-refractivity contribution in [2.45, 2.75) is 23.5 Å². The van der Waals surface area contributed by atoms with Gasteiger partial charge in [-0.05, 0) is 29.8 Å². The van der Waals surface area contributed by atoms with E-state index in [-0.39, 0.29) is 28.3 Å². The lowest BCUT2D eigenvalue weighted by Gasteiger charge is -2.19. The molecule has 2 heterocycles. The van der Waals surface area contributed by atoms with Gasteiger partial charge in [0.05, 0.1) is 16.5 Å². The number of alkyl halides is 3. The molecule has 0 bridgehead atoms. The van der Waals surface area contributed by atoms with Crippen molar-refractivity contribution >= 4 is 31.7 Å². The molecule has 148 valence electrons. The largest absolute Gasteiger partial charge is 0.493 e. The Kier molecular flexibility index (Phi) is 4.54. The second-order valence-corrected chi connectivity index (χ2v) is 9.31. The fourth-order valence-electron chi connectivity index (χ4n) is 3.41. The van der Waals surface area contributed by atoms with Crippen molar-refractivity contribution in [2.75, 3.05) is 5.75 Å². The summed E-state index contributed by atoms with van der Waals surface area (Å²) >= 11 is 0. The molecule has 1 N–H and O–H groups in total. The Bertz CT molecular complexity index is 1130. The molecule has 0 fully saturated rings. The zero-order valence-electron chi connectivity index (χ0n) is 14.0. The van der Waals surface area contributed by atoms with E-state index in [1.165, 1.54) is 16.7 Å². The van der Waals surface area contributed by atoms with Crippen LogP contribution in [0.4, 0.5) is 17.6 Å². The van der Waals surface area contributed by atoms with E-state index in [2.05, 4.69) is 4.98 Å². The highest BCUT2D eigenvalue weighted by atomic mass is 35.7. The van der Waals surface area contributed by atoms with Crippen LogP contribution in [0.5, 0.6) is 5.88 Å². The van der Waals surface area contributed by atoms with Crippen LogP contribution in [0.25, 0.3) is 10.9 Å². The molecule has 0 spiro atoms. The number of rotatable bonds is 1. The van der Waals surface area contributed by atoms with Crippen molar-refractivity contribution in [3.8, 4) is 5.88 Å². The van der Waals surface area contributed by atoms with Crippen LogP contribution in [0.1, 0.15) is 17.0 Å². The van der Waals surface area contributed by atoms with Gasteiger partial charge < -0.3 is 5.11 Å². The van der Waals surface area contributed by atoms with Gasteiger partial charge in [0.2, 0.25) is 5.88 Å². The molecule has 1 aromatic heterocycles. The molecule has 2 unspecified atom stereocenters. The first-order chi connectivity index (χ1) is 13.1. The average Bonchev–Trinajstić information content (AvgIpc) is 2.77. The van der Waals surface area contributed by atoms with Gasteiger partial charge in [0.15, 0.2) is 0 Å². The van der Waals surface area contributed by atoms with Gasteiger partial charge in [-0.15, -0.1) is 10.1 Å². The summed E-state index contributed by atoms with van der Waals surface area (Å²) in [6.45, 7) is 0.109. The van der Waals surface area contributed by atoms with E-state index < -0.39 is 39.2 Å². The maximum absolute atomic E-state index is 13.3. The topological polar surface area (TPSA) is 55.1 Å². The van der Waals surface area contributed by atoms with Crippen molar-refractivity contribution in [3.63, 3.8) is 0 Å². The van der Waals surface area contributed by atoms with Gasteiger partial charge in [-0.2, -0.15) is 18.2 Å². The summed E-state index contributed by atoms with van der Waals surface area (Å²) in [5, 5.41) is 9.86. The maximum Gasteiger partial charge on any atom is 0.416 e. The van der Waals surface area contributed by atoms with Gasteiger partial charge in [-0.1, -0.05) is 22.8 Å². The van der Waals surface area contributed by atoms with Crippen LogP contribution >= 0.6 is 20.8 Å². The van der Waals surface area contributed by atoms with E-state index >= 15 is 0 Å². The summed E-state index contributed by atoms with van der Waals surface area (Å²) in [6, 6.07) is 7.39. The average molecular weight is 433 g/mol. The molecule has 10 heteroatoms. The number of aromatic nitrogens is 2. The summed E-state index contributed by atoms with van der Waals surface area (Å²) in [5.41, 5.74) is -0.867.